The zero-order valence-corrected chi connectivity index (χ0v) is 20.6. The second-order valence-corrected chi connectivity index (χ2v) is 9.50. The minimum Gasteiger partial charge on any atom is -0.497 e. The molecule has 3 aromatic rings. The number of nitrogens with one attached hydrogen (secondary N) is 1. The third-order valence-corrected chi connectivity index (χ3v) is 7.15. The number of amides is 1. The molecule has 0 aliphatic heterocycles. The number of hydrazone groups is 1. The Labute approximate surface area is 207 Å². The maximum Gasteiger partial charge on any atom is 0.264 e. The fourth-order valence-corrected chi connectivity index (χ4v) is 4.69. The third kappa shape index (κ3) is 5.99. The molecule has 11 heteroatoms. The van der Waals surface area contributed by atoms with Gasteiger partial charge in [-0.05, 0) is 54.1 Å². The SMILES string of the molecule is COc1ccc(S(=O)(=O)N(CC(=O)N/N=C\c2ccc(Cl)c(Cl)c2)c2ccccc2OC)cc1. The zero-order valence-electron chi connectivity index (χ0n) is 18.2. The number of halogens is 2. The number of ether oxygens (including phenoxy) is 2. The average Bonchev–Trinajstić information content (AvgIpc) is 2.84. The van der Waals surface area contributed by atoms with E-state index in [1.165, 1.54) is 44.7 Å². The number of sulfonamides is 1. The summed E-state index contributed by atoms with van der Waals surface area (Å²) in [5.74, 6) is 0.114. The number of rotatable bonds is 9. The van der Waals surface area contributed by atoms with Crippen LogP contribution in [0, 0.1) is 0 Å². The van der Waals surface area contributed by atoms with Gasteiger partial charge in [0.05, 0.1) is 41.1 Å². The first kappa shape index (κ1) is 25.4. The van der Waals surface area contributed by atoms with Gasteiger partial charge in [0.25, 0.3) is 15.9 Å². The van der Waals surface area contributed by atoms with Crippen molar-refractivity contribution >= 4 is 51.0 Å². The van der Waals surface area contributed by atoms with Crippen LogP contribution in [-0.2, 0) is 14.8 Å². The fourth-order valence-electron chi connectivity index (χ4n) is 2.95. The summed E-state index contributed by atoms with van der Waals surface area (Å²) in [6.45, 7) is -0.548. The number of benzene rings is 3. The molecule has 0 heterocycles. The molecule has 0 radical (unpaired) electrons. The predicted octanol–water partition coefficient (Wildman–Crippen LogP) is 4.36. The van der Waals surface area contributed by atoms with Crippen molar-refractivity contribution < 1.29 is 22.7 Å². The molecule has 0 aliphatic carbocycles. The highest BCUT2D eigenvalue weighted by atomic mass is 35.5. The lowest BCUT2D eigenvalue weighted by atomic mass is 10.2. The summed E-state index contributed by atoms with van der Waals surface area (Å²) in [4.78, 5) is 12.7. The van der Waals surface area contributed by atoms with Crippen LogP contribution in [0.3, 0.4) is 0 Å². The lowest BCUT2D eigenvalue weighted by Gasteiger charge is -2.25. The minimum absolute atomic E-state index is 0.0219. The van der Waals surface area contributed by atoms with E-state index < -0.39 is 22.5 Å². The van der Waals surface area contributed by atoms with E-state index in [4.69, 9.17) is 32.7 Å². The highest BCUT2D eigenvalue weighted by molar-refractivity contribution is 7.92. The smallest absolute Gasteiger partial charge is 0.264 e. The normalized spacial score (nSPS) is 11.3. The second-order valence-electron chi connectivity index (χ2n) is 6.83. The molecule has 0 saturated heterocycles. The molecule has 0 spiro atoms. The summed E-state index contributed by atoms with van der Waals surface area (Å²) in [5.41, 5.74) is 3.13. The molecule has 0 atom stereocenters. The molecule has 0 unspecified atom stereocenters. The van der Waals surface area contributed by atoms with E-state index in [1.807, 2.05) is 0 Å². The summed E-state index contributed by atoms with van der Waals surface area (Å²) < 4.78 is 38.3. The minimum atomic E-state index is -4.14. The summed E-state index contributed by atoms with van der Waals surface area (Å²) in [6, 6.07) is 17.2. The van der Waals surface area contributed by atoms with Gasteiger partial charge in [0.2, 0.25) is 0 Å². The van der Waals surface area contributed by atoms with Crippen LogP contribution in [-0.4, -0.2) is 41.3 Å². The van der Waals surface area contributed by atoms with Crippen molar-refractivity contribution in [1.82, 2.24) is 5.43 Å². The Morgan fingerprint density at radius 3 is 2.35 bits per heavy atom. The van der Waals surface area contributed by atoms with Crippen LogP contribution in [0.5, 0.6) is 11.5 Å². The van der Waals surface area contributed by atoms with Crippen molar-refractivity contribution in [2.45, 2.75) is 4.90 Å². The summed E-state index contributed by atoms with van der Waals surface area (Å²) in [7, 11) is -1.25. The van der Waals surface area contributed by atoms with Gasteiger partial charge < -0.3 is 9.47 Å². The van der Waals surface area contributed by atoms with E-state index in [0.717, 1.165) is 4.31 Å². The Kier molecular flexibility index (Phi) is 8.38. The Hall–Kier alpha value is -3.27. The first-order valence-electron chi connectivity index (χ1n) is 9.83. The van der Waals surface area contributed by atoms with Gasteiger partial charge in [-0.1, -0.05) is 41.4 Å². The Morgan fingerprint density at radius 1 is 1.00 bits per heavy atom. The number of carbonyl (C=O) groups is 1. The summed E-state index contributed by atoms with van der Waals surface area (Å²) in [6.07, 6.45) is 1.37. The first-order valence-corrected chi connectivity index (χ1v) is 12.0. The van der Waals surface area contributed by atoms with E-state index in [1.54, 1.807) is 42.5 Å². The van der Waals surface area contributed by atoms with E-state index in [-0.39, 0.29) is 16.3 Å². The highest BCUT2D eigenvalue weighted by Gasteiger charge is 2.29. The van der Waals surface area contributed by atoms with E-state index in [9.17, 15) is 13.2 Å². The number of carbonyl (C=O) groups excluding carboxylic acids is 1. The van der Waals surface area contributed by atoms with Crippen molar-refractivity contribution in [1.29, 1.82) is 0 Å². The van der Waals surface area contributed by atoms with Crippen LogP contribution in [0.25, 0.3) is 0 Å². The quantitative estimate of drug-likeness (QED) is 0.333. The standard InChI is InChI=1S/C23H21Cl2N3O5S/c1-32-17-8-10-18(11-9-17)34(30,31)28(21-5-3-4-6-22(21)33-2)15-23(29)27-26-14-16-7-12-19(24)20(25)13-16/h3-14H,15H2,1-2H3,(H,27,29)/b26-14-. The largest absolute Gasteiger partial charge is 0.497 e. The number of hydrogen-bond acceptors (Lipinski definition) is 6. The molecule has 0 bridgehead atoms. The van der Waals surface area contributed by atoms with Crippen LogP contribution in [0.1, 0.15) is 5.56 Å². The molecular formula is C23H21Cl2N3O5S. The Bertz CT molecular complexity index is 1300. The zero-order chi connectivity index (χ0) is 24.7. The fraction of sp³-hybridized carbons (Fsp3) is 0.130. The van der Waals surface area contributed by atoms with E-state index >= 15 is 0 Å². The number of methoxy groups -OCH3 is 2. The van der Waals surface area contributed by atoms with Gasteiger partial charge in [-0.2, -0.15) is 5.10 Å². The number of hydrogen-bond donors (Lipinski definition) is 1. The molecule has 8 nitrogen and oxygen atoms in total. The highest BCUT2D eigenvalue weighted by Crippen LogP contribution is 2.32. The van der Waals surface area contributed by atoms with Crippen molar-refractivity contribution in [2.24, 2.45) is 5.10 Å². The van der Waals surface area contributed by atoms with Crippen LogP contribution in [0.4, 0.5) is 5.69 Å². The lowest BCUT2D eigenvalue weighted by Crippen LogP contribution is -2.39. The monoisotopic (exact) mass is 521 g/mol. The maximum atomic E-state index is 13.5. The molecule has 0 aromatic heterocycles. The van der Waals surface area contributed by atoms with Crippen molar-refractivity contribution in [3.05, 3.63) is 82.3 Å². The first-order chi connectivity index (χ1) is 16.3. The molecule has 0 saturated carbocycles. The number of anilines is 1. The molecular weight excluding hydrogens is 501 g/mol. The predicted molar refractivity (Wildman–Crippen MR) is 133 cm³/mol. The lowest BCUT2D eigenvalue weighted by molar-refractivity contribution is -0.119. The third-order valence-electron chi connectivity index (χ3n) is 4.64. The molecule has 1 N–H and O–H groups in total. The second kappa shape index (κ2) is 11.2. The van der Waals surface area contributed by atoms with Gasteiger partial charge in [0, 0.05) is 0 Å². The number of para-hydroxylation sites is 2. The topological polar surface area (TPSA) is 97.3 Å². The Morgan fingerprint density at radius 2 is 1.71 bits per heavy atom. The molecule has 0 fully saturated rings. The Balaban J connectivity index is 1.88. The van der Waals surface area contributed by atoms with Gasteiger partial charge in [-0.3, -0.25) is 9.10 Å². The molecule has 1 amide bonds. The molecule has 0 aliphatic rings. The van der Waals surface area contributed by atoms with Crippen LogP contribution >= 0.6 is 23.2 Å². The summed E-state index contributed by atoms with van der Waals surface area (Å²) in [5, 5.41) is 4.61. The van der Waals surface area contributed by atoms with Crippen molar-refractivity contribution in [3.63, 3.8) is 0 Å². The summed E-state index contributed by atoms with van der Waals surface area (Å²) >= 11 is 11.9. The van der Waals surface area contributed by atoms with Crippen molar-refractivity contribution in [2.75, 3.05) is 25.1 Å². The van der Waals surface area contributed by atoms with Gasteiger partial charge in [0.1, 0.15) is 18.0 Å². The van der Waals surface area contributed by atoms with Crippen LogP contribution < -0.4 is 19.2 Å². The molecule has 3 aromatic carbocycles. The average molecular weight is 522 g/mol. The van der Waals surface area contributed by atoms with Crippen LogP contribution in [0.15, 0.2) is 76.7 Å². The van der Waals surface area contributed by atoms with Crippen LogP contribution in [0.2, 0.25) is 10.0 Å². The molecule has 34 heavy (non-hydrogen) atoms. The van der Waals surface area contributed by atoms with Crippen molar-refractivity contribution in [3.8, 4) is 11.5 Å². The van der Waals surface area contributed by atoms with Gasteiger partial charge in [-0.15, -0.1) is 0 Å². The molecule has 178 valence electrons. The van der Waals surface area contributed by atoms with Gasteiger partial charge in [-0.25, -0.2) is 13.8 Å². The van der Waals surface area contributed by atoms with E-state index in [2.05, 4.69) is 10.5 Å². The molecule has 3 rings (SSSR count). The number of nitrogens with zero attached hydrogens (tertiary/aromatic N) is 2. The maximum absolute atomic E-state index is 13.5. The van der Waals surface area contributed by atoms with Gasteiger partial charge in [0.15, 0.2) is 0 Å². The van der Waals surface area contributed by atoms with Gasteiger partial charge >= 0.3 is 0 Å². The van der Waals surface area contributed by atoms with E-state index in [0.29, 0.717) is 21.4 Å².